The number of nitrogens with one attached hydrogen (secondary N) is 1. The van der Waals surface area contributed by atoms with Crippen LogP contribution in [0.15, 0.2) is 23.7 Å². The predicted octanol–water partition coefficient (Wildman–Crippen LogP) is 2.79. The Labute approximate surface area is 112 Å². The maximum Gasteiger partial charge on any atom is 0.0809 e. The van der Waals surface area contributed by atoms with Crippen LogP contribution in [-0.4, -0.2) is 22.7 Å². The third kappa shape index (κ3) is 3.51. The summed E-state index contributed by atoms with van der Waals surface area (Å²) in [6, 6.07) is 4.22. The predicted molar refractivity (Wildman–Crippen MR) is 76.8 cm³/mol. The van der Waals surface area contributed by atoms with Crippen molar-refractivity contribution in [1.82, 2.24) is 10.3 Å². The molecule has 4 heteroatoms. The second kappa shape index (κ2) is 6.27. The molecule has 0 aliphatic carbocycles. The molecule has 0 saturated heterocycles. The molecule has 0 bridgehead atoms. The minimum absolute atomic E-state index is 0.213. The highest BCUT2D eigenvalue weighted by Crippen LogP contribution is 2.19. The lowest BCUT2D eigenvalue weighted by Gasteiger charge is -2.14. The lowest BCUT2D eigenvalue weighted by Crippen LogP contribution is -2.23. The van der Waals surface area contributed by atoms with Gasteiger partial charge in [0.25, 0.3) is 0 Å². The second-order valence-corrected chi connectivity index (χ2v) is 5.87. The van der Waals surface area contributed by atoms with Crippen molar-refractivity contribution in [3.05, 3.63) is 29.3 Å². The van der Waals surface area contributed by atoms with Gasteiger partial charge in [-0.05, 0) is 42.0 Å². The molecule has 0 radical (unpaired) electrons. The monoisotopic (exact) mass is 264 g/mol. The first kappa shape index (κ1) is 13.5. The van der Waals surface area contributed by atoms with Crippen molar-refractivity contribution in [2.24, 2.45) is 5.92 Å². The van der Waals surface area contributed by atoms with Crippen LogP contribution in [0.3, 0.4) is 0 Å². The fourth-order valence-corrected chi connectivity index (χ4v) is 2.60. The first-order valence-electron chi connectivity index (χ1n) is 6.37. The van der Waals surface area contributed by atoms with E-state index in [1.54, 1.807) is 11.3 Å². The van der Waals surface area contributed by atoms with E-state index in [1.807, 2.05) is 26.1 Å². The van der Waals surface area contributed by atoms with E-state index in [9.17, 15) is 5.11 Å². The van der Waals surface area contributed by atoms with E-state index in [0.29, 0.717) is 5.92 Å². The zero-order valence-corrected chi connectivity index (χ0v) is 11.7. The number of rotatable bonds is 6. The van der Waals surface area contributed by atoms with E-state index < -0.39 is 0 Å². The summed E-state index contributed by atoms with van der Waals surface area (Å²) in [6.07, 6.45) is 2.50. The number of hydrogen-bond acceptors (Lipinski definition) is 4. The van der Waals surface area contributed by atoms with E-state index in [4.69, 9.17) is 0 Å². The minimum Gasteiger partial charge on any atom is -0.393 e. The van der Waals surface area contributed by atoms with Gasteiger partial charge in [-0.3, -0.25) is 4.98 Å². The fraction of sp³-hybridized carbons (Fsp3) is 0.500. The van der Waals surface area contributed by atoms with Crippen molar-refractivity contribution in [2.75, 3.05) is 6.54 Å². The molecule has 1 unspecified atom stereocenters. The molecule has 0 amide bonds. The Kier molecular flexibility index (Phi) is 4.69. The Morgan fingerprint density at radius 2 is 2.28 bits per heavy atom. The topological polar surface area (TPSA) is 45.1 Å². The van der Waals surface area contributed by atoms with Crippen LogP contribution in [0.4, 0.5) is 0 Å². The quantitative estimate of drug-likeness (QED) is 0.789. The highest BCUT2D eigenvalue weighted by atomic mass is 32.1. The molecule has 18 heavy (non-hydrogen) atoms. The average molecular weight is 264 g/mol. The van der Waals surface area contributed by atoms with E-state index in [-0.39, 0.29) is 6.10 Å². The SMILES string of the molecule is CC(C)C(O)CCNCc1cnc2ccsc2c1. The van der Waals surface area contributed by atoms with Crippen LogP contribution < -0.4 is 5.32 Å². The van der Waals surface area contributed by atoms with Gasteiger partial charge in [0.15, 0.2) is 0 Å². The highest BCUT2D eigenvalue weighted by Gasteiger charge is 2.07. The highest BCUT2D eigenvalue weighted by molar-refractivity contribution is 7.17. The number of fused-ring (bicyclic) bond motifs is 1. The van der Waals surface area contributed by atoms with Crippen molar-refractivity contribution < 1.29 is 5.11 Å². The number of aliphatic hydroxyl groups excluding tert-OH is 1. The molecule has 0 aliphatic heterocycles. The molecule has 2 aromatic heterocycles. The number of hydrogen-bond donors (Lipinski definition) is 2. The Hall–Kier alpha value is -0.970. The van der Waals surface area contributed by atoms with E-state index in [0.717, 1.165) is 25.0 Å². The third-order valence-corrected chi connectivity index (χ3v) is 3.93. The molecule has 98 valence electrons. The van der Waals surface area contributed by atoms with Crippen molar-refractivity contribution in [3.63, 3.8) is 0 Å². The van der Waals surface area contributed by atoms with Gasteiger partial charge in [-0.15, -0.1) is 11.3 Å². The zero-order chi connectivity index (χ0) is 13.0. The molecule has 0 aromatic carbocycles. The standard InChI is InChI=1S/C14H20N2OS/c1-10(2)13(17)3-5-15-8-11-7-14-12(16-9-11)4-6-18-14/h4,6-7,9-10,13,15,17H,3,5,8H2,1-2H3. The van der Waals surface area contributed by atoms with Crippen LogP contribution in [0.5, 0.6) is 0 Å². The van der Waals surface area contributed by atoms with Crippen LogP contribution >= 0.6 is 11.3 Å². The number of aliphatic hydroxyl groups is 1. The molecule has 2 N–H and O–H groups in total. The lowest BCUT2D eigenvalue weighted by atomic mass is 10.0. The summed E-state index contributed by atoms with van der Waals surface area (Å²) in [5.74, 6) is 0.330. The summed E-state index contributed by atoms with van der Waals surface area (Å²) < 4.78 is 1.23. The summed E-state index contributed by atoms with van der Waals surface area (Å²) in [4.78, 5) is 4.40. The number of nitrogens with zero attached hydrogens (tertiary/aromatic N) is 1. The van der Waals surface area contributed by atoms with Gasteiger partial charge in [0.2, 0.25) is 0 Å². The summed E-state index contributed by atoms with van der Waals surface area (Å²) in [6.45, 7) is 5.73. The first-order chi connectivity index (χ1) is 8.66. The Morgan fingerprint density at radius 3 is 3.06 bits per heavy atom. The number of thiophene rings is 1. The van der Waals surface area contributed by atoms with Crippen LogP contribution in [0, 0.1) is 5.92 Å². The molecule has 0 saturated carbocycles. The average Bonchev–Trinajstić information content (AvgIpc) is 2.81. The Bertz CT molecular complexity index is 495. The Balaban J connectivity index is 1.79. The van der Waals surface area contributed by atoms with Gasteiger partial charge in [0, 0.05) is 12.7 Å². The van der Waals surface area contributed by atoms with Gasteiger partial charge < -0.3 is 10.4 Å². The number of pyridine rings is 1. The normalized spacial score (nSPS) is 13.3. The maximum atomic E-state index is 9.69. The Morgan fingerprint density at radius 1 is 1.44 bits per heavy atom. The van der Waals surface area contributed by atoms with E-state index in [2.05, 4.69) is 21.7 Å². The van der Waals surface area contributed by atoms with Gasteiger partial charge in [-0.2, -0.15) is 0 Å². The van der Waals surface area contributed by atoms with Crippen molar-refractivity contribution in [3.8, 4) is 0 Å². The number of aromatic nitrogens is 1. The molecule has 1 atom stereocenters. The summed E-state index contributed by atoms with van der Waals surface area (Å²) >= 11 is 1.72. The summed E-state index contributed by atoms with van der Waals surface area (Å²) in [5, 5.41) is 15.1. The van der Waals surface area contributed by atoms with Crippen LogP contribution in [-0.2, 0) is 6.54 Å². The first-order valence-corrected chi connectivity index (χ1v) is 7.25. The lowest BCUT2D eigenvalue weighted by molar-refractivity contribution is 0.116. The molecule has 0 aliphatic rings. The molecule has 2 heterocycles. The maximum absolute atomic E-state index is 9.69. The summed E-state index contributed by atoms with van der Waals surface area (Å²) in [7, 11) is 0. The van der Waals surface area contributed by atoms with Crippen molar-refractivity contribution in [1.29, 1.82) is 0 Å². The van der Waals surface area contributed by atoms with Gasteiger partial charge in [0.1, 0.15) is 0 Å². The van der Waals surface area contributed by atoms with Gasteiger partial charge in [0.05, 0.1) is 16.3 Å². The molecule has 2 rings (SSSR count). The fourth-order valence-electron chi connectivity index (χ4n) is 1.80. The molecule has 0 fully saturated rings. The van der Waals surface area contributed by atoms with E-state index >= 15 is 0 Å². The van der Waals surface area contributed by atoms with E-state index in [1.165, 1.54) is 10.3 Å². The zero-order valence-electron chi connectivity index (χ0n) is 10.9. The minimum atomic E-state index is -0.213. The third-order valence-electron chi connectivity index (χ3n) is 3.07. The molecule has 2 aromatic rings. The smallest absolute Gasteiger partial charge is 0.0809 e. The van der Waals surface area contributed by atoms with Crippen LogP contribution in [0.25, 0.3) is 10.2 Å². The molecule has 0 spiro atoms. The van der Waals surface area contributed by atoms with Gasteiger partial charge in [-0.1, -0.05) is 13.8 Å². The van der Waals surface area contributed by atoms with Crippen LogP contribution in [0.2, 0.25) is 0 Å². The molecule has 3 nitrogen and oxygen atoms in total. The molecular formula is C14H20N2OS. The largest absolute Gasteiger partial charge is 0.393 e. The van der Waals surface area contributed by atoms with Gasteiger partial charge >= 0.3 is 0 Å². The molecular weight excluding hydrogens is 244 g/mol. The second-order valence-electron chi connectivity index (χ2n) is 4.92. The van der Waals surface area contributed by atoms with Crippen molar-refractivity contribution >= 4 is 21.6 Å². The summed E-state index contributed by atoms with van der Waals surface area (Å²) in [5.41, 5.74) is 2.27. The van der Waals surface area contributed by atoms with Crippen molar-refractivity contribution in [2.45, 2.75) is 32.9 Å². The van der Waals surface area contributed by atoms with Gasteiger partial charge in [-0.25, -0.2) is 0 Å². The van der Waals surface area contributed by atoms with Crippen LogP contribution in [0.1, 0.15) is 25.8 Å².